The molecule has 0 N–H and O–H groups in total. The summed E-state index contributed by atoms with van der Waals surface area (Å²) in [5, 5.41) is 0. The van der Waals surface area contributed by atoms with Crippen LogP contribution in [0.3, 0.4) is 0 Å². The molecule has 0 aliphatic rings. The van der Waals surface area contributed by atoms with Gasteiger partial charge in [-0.25, -0.2) is 16.8 Å². The minimum absolute atomic E-state index is 0.223. The first-order valence-corrected chi connectivity index (χ1v) is 3.97. The van der Waals surface area contributed by atoms with E-state index in [9.17, 15) is 16.8 Å². The standard InChI is InChI=1S/CH5NO5S2/c1-2(8(3)4)7-9(5)6/h8-9H,1H3. The smallest absolute Gasteiger partial charge is 0.213 e. The maximum atomic E-state index is 9.81. The Morgan fingerprint density at radius 3 is 1.78 bits per heavy atom. The zero-order valence-corrected chi connectivity index (χ0v) is 6.17. The van der Waals surface area contributed by atoms with E-state index in [0.29, 0.717) is 0 Å². The van der Waals surface area contributed by atoms with Gasteiger partial charge in [0.1, 0.15) is 0 Å². The summed E-state index contributed by atoms with van der Waals surface area (Å²) in [6, 6.07) is 0. The summed E-state index contributed by atoms with van der Waals surface area (Å²) in [5.41, 5.74) is 0. The van der Waals surface area contributed by atoms with E-state index in [2.05, 4.69) is 4.28 Å². The third kappa shape index (κ3) is 4.33. The molecule has 0 aliphatic carbocycles. The van der Waals surface area contributed by atoms with Gasteiger partial charge in [-0.15, -0.1) is 0 Å². The first kappa shape index (κ1) is 8.82. The van der Waals surface area contributed by atoms with Gasteiger partial charge in [-0.1, -0.05) is 4.47 Å². The first-order chi connectivity index (χ1) is 4.04. The van der Waals surface area contributed by atoms with Crippen molar-refractivity contribution < 1.29 is 21.1 Å². The van der Waals surface area contributed by atoms with Crippen molar-refractivity contribution in [2.45, 2.75) is 0 Å². The summed E-state index contributed by atoms with van der Waals surface area (Å²) in [6.45, 7) is 0. The second-order valence-corrected chi connectivity index (χ2v) is 2.66. The van der Waals surface area contributed by atoms with Crippen LogP contribution in [0.5, 0.6) is 0 Å². The van der Waals surface area contributed by atoms with Gasteiger partial charge in [-0.05, 0) is 0 Å². The molecule has 0 aliphatic heterocycles. The fourth-order valence-corrected chi connectivity index (χ4v) is 0.737. The number of nitrogens with zero attached hydrogens (tertiary/aromatic N) is 1. The average molecular weight is 175 g/mol. The third-order valence-corrected chi connectivity index (χ3v) is 1.46. The van der Waals surface area contributed by atoms with Crippen LogP contribution in [0.15, 0.2) is 0 Å². The molecule has 0 saturated carbocycles. The maximum absolute atomic E-state index is 9.81. The highest BCUT2D eigenvalue weighted by Crippen LogP contribution is 1.81. The lowest BCUT2D eigenvalue weighted by Crippen LogP contribution is -2.15. The van der Waals surface area contributed by atoms with Crippen LogP contribution >= 0.6 is 0 Å². The number of hydrogen-bond acceptors (Lipinski definition) is 5. The molecule has 0 radical (unpaired) electrons. The molecule has 0 saturated heterocycles. The van der Waals surface area contributed by atoms with Gasteiger partial charge in [-0.3, -0.25) is 0 Å². The van der Waals surface area contributed by atoms with Crippen molar-refractivity contribution in [2.24, 2.45) is 0 Å². The minimum atomic E-state index is -3.13. The van der Waals surface area contributed by atoms with Crippen LogP contribution in [0.25, 0.3) is 0 Å². The second kappa shape index (κ2) is 3.77. The first-order valence-electron chi connectivity index (χ1n) is 1.74. The molecule has 0 unspecified atom stereocenters. The Morgan fingerprint density at radius 1 is 1.22 bits per heavy atom. The van der Waals surface area contributed by atoms with E-state index < -0.39 is 21.9 Å². The predicted octanol–water partition coefficient (Wildman–Crippen LogP) is -2.10. The molecule has 0 aromatic heterocycles. The highest BCUT2D eigenvalue weighted by molar-refractivity contribution is 7.71. The lowest BCUT2D eigenvalue weighted by molar-refractivity contribution is 0.0860. The fourth-order valence-electron chi connectivity index (χ4n) is 0.126. The van der Waals surface area contributed by atoms with Crippen LogP contribution in [-0.4, -0.2) is 28.4 Å². The molecule has 0 rings (SSSR count). The van der Waals surface area contributed by atoms with Crippen LogP contribution in [-0.2, 0) is 26.2 Å². The molecular formula is CH5NO5S2. The summed E-state index contributed by atoms with van der Waals surface area (Å²) in [4.78, 5) is 0. The lowest BCUT2D eigenvalue weighted by atomic mass is 11.6. The van der Waals surface area contributed by atoms with E-state index in [1.807, 2.05) is 0 Å². The summed E-state index contributed by atoms with van der Waals surface area (Å²) in [5.74, 6) is 0. The summed E-state index contributed by atoms with van der Waals surface area (Å²) in [6.07, 6.45) is 0. The van der Waals surface area contributed by atoms with Crippen LogP contribution in [0.1, 0.15) is 0 Å². The lowest BCUT2D eigenvalue weighted by Gasteiger charge is -1.98. The average Bonchev–Trinajstić information content (AvgIpc) is 1.63. The van der Waals surface area contributed by atoms with E-state index in [1.54, 1.807) is 0 Å². The van der Waals surface area contributed by atoms with E-state index in [1.165, 1.54) is 0 Å². The van der Waals surface area contributed by atoms with E-state index in [0.717, 1.165) is 7.05 Å². The van der Waals surface area contributed by atoms with Gasteiger partial charge < -0.3 is 0 Å². The monoisotopic (exact) mass is 175 g/mol. The van der Waals surface area contributed by atoms with Crippen molar-refractivity contribution in [3.8, 4) is 0 Å². The molecule has 6 nitrogen and oxygen atoms in total. The summed E-state index contributed by atoms with van der Waals surface area (Å²) < 4.78 is 42.8. The number of hydroxylamine groups is 1. The maximum Gasteiger partial charge on any atom is 0.274 e. The SMILES string of the molecule is CN(O[SH](=O)=O)[SH](=O)=O. The Labute approximate surface area is 55.2 Å². The highest BCUT2D eigenvalue weighted by Gasteiger charge is 1.98. The second-order valence-electron chi connectivity index (χ2n) is 1.01. The minimum Gasteiger partial charge on any atom is -0.213 e. The molecule has 0 aromatic carbocycles. The molecule has 56 valence electrons. The van der Waals surface area contributed by atoms with Crippen LogP contribution in [0, 0.1) is 0 Å². The van der Waals surface area contributed by atoms with E-state index in [-0.39, 0.29) is 4.47 Å². The molecule has 0 fully saturated rings. The number of rotatable bonds is 3. The molecule has 0 amide bonds. The molecule has 9 heavy (non-hydrogen) atoms. The quantitative estimate of drug-likeness (QED) is 0.379. The molecule has 0 heterocycles. The van der Waals surface area contributed by atoms with Crippen LogP contribution in [0.2, 0.25) is 0 Å². The summed E-state index contributed by atoms with van der Waals surface area (Å²) >= 11 is 0. The molecule has 0 atom stereocenters. The van der Waals surface area contributed by atoms with Crippen LogP contribution < -0.4 is 0 Å². The zero-order chi connectivity index (χ0) is 7.44. The van der Waals surface area contributed by atoms with E-state index >= 15 is 0 Å². The molecule has 0 bridgehead atoms. The van der Waals surface area contributed by atoms with Gasteiger partial charge >= 0.3 is 0 Å². The number of hydrogen-bond donors (Lipinski definition) is 2. The highest BCUT2D eigenvalue weighted by atomic mass is 32.2. The van der Waals surface area contributed by atoms with Gasteiger partial charge in [0.15, 0.2) is 0 Å². The van der Waals surface area contributed by atoms with Crippen molar-refractivity contribution in [1.29, 1.82) is 0 Å². The Hall–Kier alpha value is -0.180. The van der Waals surface area contributed by atoms with Crippen molar-refractivity contribution in [1.82, 2.24) is 4.47 Å². The molecular weight excluding hydrogens is 170 g/mol. The zero-order valence-electron chi connectivity index (χ0n) is 4.38. The topological polar surface area (TPSA) is 80.8 Å². The molecule has 0 spiro atoms. The van der Waals surface area contributed by atoms with Gasteiger partial charge in [-0.2, -0.15) is 4.28 Å². The summed E-state index contributed by atoms with van der Waals surface area (Å²) in [7, 11) is -5.13. The predicted molar refractivity (Wildman–Crippen MR) is 29.5 cm³/mol. The molecule has 8 heteroatoms. The Morgan fingerprint density at radius 2 is 1.67 bits per heavy atom. The van der Waals surface area contributed by atoms with Crippen molar-refractivity contribution in [3.05, 3.63) is 0 Å². The van der Waals surface area contributed by atoms with Crippen molar-refractivity contribution in [3.63, 3.8) is 0 Å². The van der Waals surface area contributed by atoms with E-state index in [4.69, 9.17) is 0 Å². The van der Waals surface area contributed by atoms with Crippen molar-refractivity contribution >= 4 is 21.9 Å². The largest absolute Gasteiger partial charge is 0.274 e. The van der Waals surface area contributed by atoms with Gasteiger partial charge in [0.05, 0.1) is 0 Å². The Balaban J connectivity index is 3.93. The normalized spacial score (nSPS) is 11.6. The van der Waals surface area contributed by atoms with Gasteiger partial charge in [0, 0.05) is 7.05 Å². The number of thiol groups is 2. The van der Waals surface area contributed by atoms with Crippen molar-refractivity contribution in [2.75, 3.05) is 7.05 Å². The Kier molecular flexibility index (Phi) is 3.70. The fraction of sp³-hybridized carbons (Fsp3) is 1.00. The van der Waals surface area contributed by atoms with Crippen LogP contribution in [0.4, 0.5) is 0 Å². The van der Waals surface area contributed by atoms with Gasteiger partial charge in [0.2, 0.25) is 10.9 Å². The third-order valence-electron chi connectivity index (χ3n) is 0.415. The van der Waals surface area contributed by atoms with Gasteiger partial charge in [0.25, 0.3) is 11.0 Å². The molecule has 0 aromatic rings. The Bertz CT molecular complexity index is 199.